The first kappa shape index (κ1) is 11.4. The van der Waals surface area contributed by atoms with Crippen LogP contribution in [-0.4, -0.2) is 13.1 Å². The fourth-order valence-electron chi connectivity index (χ4n) is 3.47. The Kier molecular flexibility index (Phi) is 3.04. The third-order valence-corrected chi connectivity index (χ3v) is 4.85. The first-order valence-corrected chi connectivity index (χ1v) is 7.22. The minimum atomic E-state index is 0.622. The standard InChI is InChI=1S/C15H20ClN/c1-11-7-15(6-5-12(11)8-16)17-9-13-3-2-4-14(13)10-17/h5-7,13-14H,2-4,8-10H2,1H3. The third kappa shape index (κ3) is 2.06. The Bertz CT molecular complexity index is 403. The van der Waals surface area contributed by atoms with E-state index in [0.717, 1.165) is 11.8 Å². The molecule has 0 aromatic heterocycles. The van der Waals surface area contributed by atoms with Gasteiger partial charge in [0.05, 0.1) is 0 Å². The van der Waals surface area contributed by atoms with E-state index < -0.39 is 0 Å². The lowest BCUT2D eigenvalue weighted by Crippen LogP contribution is -2.20. The van der Waals surface area contributed by atoms with Crippen LogP contribution in [0.5, 0.6) is 0 Å². The fraction of sp³-hybridized carbons (Fsp3) is 0.600. The van der Waals surface area contributed by atoms with Gasteiger partial charge in [-0.2, -0.15) is 0 Å². The molecule has 2 heteroatoms. The highest BCUT2D eigenvalue weighted by atomic mass is 35.5. The van der Waals surface area contributed by atoms with Gasteiger partial charge in [0.1, 0.15) is 0 Å². The molecule has 0 spiro atoms. The van der Waals surface area contributed by atoms with Crippen molar-refractivity contribution in [2.24, 2.45) is 11.8 Å². The van der Waals surface area contributed by atoms with E-state index in [2.05, 4.69) is 30.0 Å². The molecule has 0 bridgehead atoms. The molecule has 1 saturated carbocycles. The van der Waals surface area contributed by atoms with E-state index in [9.17, 15) is 0 Å². The molecule has 17 heavy (non-hydrogen) atoms. The number of hydrogen-bond donors (Lipinski definition) is 0. The number of halogens is 1. The number of hydrogen-bond acceptors (Lipinski definition) is 1. The quantitative estimate of drug-likeness (QED) is 0.717. The van der Waals surface area contributed by atoms with Gasteiger partial charge in [0.15, 0.2) is 0 Å². The second-order valence-electron chi connectivity index (χ2n) is 5.60. The van der Waals surface area contributed by atoms with E-state index in [1.165, 1.54) is 49.2 Å². The molecule has 1 aliphatic heterocycles. The Balaban J connectivity index is 1.79. The van der Waals surface area contributed by atoms with E-state index >= 15 is 0 Å². The zero-order chi connectivity index (χ0) is 11.8. The van der Waals surface area contributed by atoms with Crippen LogP contribution in [0, 0.1) is 18.8 Å². The number of aryl methyl sites for hydroxylation is 1. The molecule has 0 N–H and O–H groups in total. The fourth-order valence-corrected chi connectivity index (χ4v) is 3.77. The summed E-state index contributed by atoms with van der Waals surface area (Å²) in [4.78, 5) is 2.57. The van der Waals surface area contributed by atoms with Gasteiger partial charge in [0, 0.05) is 24.7 Å². The van der Waals surface area contributed by atoms with Gasteiger partial charge in [-0.25, -0.2) is 0 Å². The molecule has 1 aromatic rings. The summed E-state index contributed by atoms with van der Waals surface area (Å²) in [6.07, 6.45) is 4.34. The summed E-state index contributed by atoms with van der Waals surface area (Å²) in [6.45, 7) is 4.70. The van der Waals surface area contributed by atoms with Crippen LogP contribution < -0.4 is 4.90 Å². The summed E-state index contributed by atoms with van der Waals surface area (Å²) in [5, 5.41) is 0. The highest BCUT2D eigenvalue weighted by molar-refractivity contribution is 6.17. The van der Waals surface area contributed by atoms with Gasteiger partial charge >= 0.3 is 0 Å². The maximum atomic E-state index is 5.91. The Hall–Kier alpha value is -0.690. The normalized spacial score (nSPS) is 27.5. The molecule has 1 aliphatic carbocycles. The highest BCUT2D eigenvalue weighted by Gasteiger charge is 2.36. The van der Waals surface area contributed by atoms with Crippen LogP contribution >= 0.6 is 11.6 Å². The summed E-state index contributed by atoms with van der Waals surface area (Å²) in [7, 11) is 0. The minimum Gasteiger partial charge on any atom is -0.371 e. The van der Waals surface area contributed by atoms with Crippen LogP contribution in [0.4, 0.5) is 5.69 Å². The second kappa shape index (κ2) is 4.53. The smallest absolute Gasteiger partial charge is 0.0476 e. The predicted molar refractivity (Wildman–Crippen MR) is 73.8 cm³/mol. The molecule has 1 heterocycles. The van der Waals surface area contributed by atoms with Gasteiger partial charge in [-0.15, -0.1) is 11.6 Å². The molecule has 2 unspecified atom stereocenters. The van der Waals surface area contributed by atoms with E-state index in [1.807, 2.05) is 0 Å². The summed E-state index contributed by atoms with van der Waals surface area (Å²) >= 11 is 5.91. The van der Waals surface area contributed by atoms with Crippen molar-refractivity contribution in [3.63, 3.8) is 0 Å². The summed E-state index contributed by atoms with van der Waals surface area (Å²) < 4.78 is 0. The second-order valence-corrected chi connectivity index (χ2v) is 5.87. The molecule has 92 valence electrons. The van der Waals surface area contributed by atoms with Crippen molar-refractivity contribution >= 4 is 17.3 Å². The van der Waals surface area contributed by atoms with Gasteiger partial charge in [-0.1, -0.05) is 12.5 Å². The van der Waals surface area contributed by atoms with Gasteiger partial charge in [0.25, 0.3) is 0 Å². The van der Waals surface area contributed by atoms with Crippen molar-refractivity contribution in [1.29, 1.82) is 0 Å². The van der Waals surface area contributed by atoms with E-state index in [1.54, 1.807) is 0 Å². The van der Waals surface area contributed by atoms with Crippen LogP contribution in [0.25, 0.3) is 0 Å². The molecule has 1 nitrogen and oxygen atoms in total. The maximum absolute atomic E-state index is 5.91. The van der Waals surface area contributed by atoms with E-state index in [-0.39, 0.29) is 0 Å². The Morgan fingerprint density at radius 1 is 1.24 bits per heavy atom. The summed E-state index contributed by atoms with van der Waals surface area (Å²) in [5.74, 6) is 2.54. The average Bonchev–Trinajstić information content (AvgIpc) is 2.88. The zero-order valence-electron chi connectivity index (χ0n) is 10.5. The lowest BCUT2D eigenvalue weighted by atomic mass is 10.0. The predicted octanol–water partition coefficient (Wildman–Crippen LogP) is 3.97. The van der Waals surface area contributed by atoms with Crippen molar-refractivity contribution in [2.75, 3.05) is 18.0 Å². The molecular formula is C15H20ClN. The van der Waals surface area contributed by atoms with E-state index in [4.69, 9.17) is 11.6 Å². The number of alkyl halides is 1. The van der Waals surface area contributed by atoms with Gasteiger partial charge in [0.2, 0.25) is 0 Å². The monoisotopic (exact) mass is 249 g/mol. The average molecular weight is 250 g/mol. The topological polar surface area (TPSA) is 3.24 Å². The van der Waals surface area contributed by atoms with Crippen molar-refractivity contribution in [3.8, 4) is 0 Å². The number of nitrogens with zero attached hydrogens (tertiary/aromatic N) is 1. The molecular weight excluding hydrogens is 230 g/mol. The SMILES string of the molecule is Cc1cc(N2CC3CCCC3C2)ccc1CCl. The number of fused-ring (bicyclic) bond motifs is 1. The number of benzene rings is 1. The molecule has 2 aliphatic rings. The van der Waals surface area contributed by atoms with Crippen LogP contribution in [0.3, 0.4) is 0 Å². The lowest BCUT2D eigenvalue weighted by molar-refractivity contribution is 0.494. The van der Waals surface area contributed by atoms with Crippen LogP contribution in [0.2, 0.25) is 0 Å². The molecule has 3 rings (SSSR count). The molecule has 2 fully saturated rings. The first-order valence-electron chi connectivity index (χ1n) is 6.68. The van der Waals surface area contributed by atoms with E-state index in [0.29, 0.717) is 5.88 Å². The molecule has 1 aromatic carbocycles. The van der Waals surface area contributed by atoms with Gasteiger partial charge < -0.3 is 4.90 Å². The zero-order valence-corrected chi connectivity index (χ0v) is 11.2. The third-order valence-electron chi connectivity index (χ3n) is 4.56. The Morgan fingerprint density at radius 3 is 2.53 bits per heavy atom. The van der Waals surface area contributed by atoms with Crippen LogP contribution in [-0.2, 0) is 5.88 Å². The van der Waals surface area contributed by atoms with Crippen molar-refractivity contribution in [1.82, 2.24) is 0 Å². The molecule has 0 radical (unpaired) electrons. The van der Waals surface area contributed by atoms with Crippen LogP contribution in [0.15, 0.2) is 18.2 Å². The molecule has 1 saturated heterocycles. The largest absolute Gasteiger partial charge is 0.371 e. The first-order chi connectivity index (χ1) is 8.28. The maximum Gasteiger partial charge on any atom is 0.0476 e. The Morgan fingerprint density at radius 2 is 1.94 bits per heavy atom. The lowest BCUT2D eigenvalue weighted by Gasteiger charge is -2.20. The van der Waals surface area contributed by atoms with Gasteiger partial charge in [-0.3, -0.25) is 0 Å². The molecule has 2 atom stereocenters. The number of anilines is 1. The molecule has 0 amide bonds. The van der Waals surface area contributed by atoms with Crippen molar-refractivity contribution in [2.45, 2.75) is 32.1 Å². The Labute approximate surface area is 109 Å². The number of rotatable bonds is 2. The minimum absolute atomic E-state index is 0.622. The van der Waals surface area contributed by atoms with Crippen molar-refractivity contribution in [3.05, 3.63) is 29.3 Å². The summed E-state index contributed by atoms with van der Waals surface area (Å²) in [6, 6.07) is 6.73. The van der Waals surface area contributed by atoms with Gasteiger partial charge in [-0.05, 0) is 54.9 Å². The van der Waals surface area contributed by atoms with Crippen molar-refractivity contribution < 1.29 is 0 Å². The summed E-state index contributed by atoms with van der Waals surface area (Å²) in [5.41, 5.74) is 3.98. The highest BCUT2D eigenvalue weighted by Crippen LogP contribution is 2.39. The van der Waals surface area contributed by atoms with Crippen LogP contribution in [0.1, 0.15) is 30.4 Å².